The first kappa shape index (κ1) is 18.6. The number of nitrogens with zero attached hydrogens (tertiary/aromatic N) is 2. The maximum Gasteiger partial charge on any atom is 0.437 e. The van der Waals surface area contributed by atoms with Gasteiger partial charge in [-0.1, -0.05) is 13.8 Å². The minimum Gasteiger partial charge on any atom is -0.378 e. The summed E-state index contributed by atoms with van der Waals surface area (Å²) >= 11 is 0. The molecule has 6 nitrogen and oxygen atoms in total. The van der Waals surface area contributed by atoms with E-state index < -0.39 is 17.9 Å². The third-order valence-electron chi connectivity index (χ3n) is 3.95. The molecule has 1 aliphatic heterocycles. The zero-order valence-corrected chi connectivity index (χ0v) is 14.0. The minimum absolute atomic E-state index is 0.0717. The Hall–Kier alpha value is -1.77. The molecule has 9 heteroatoms. The minimum atomic E-state index is -4.62. The molecule has 2 N–H and O–H groups in total. The van der Waals surface area contributed by atoms with Crippen molar-refractivity contribution in [2.24, 2.45) is 12.5 Å². The summed E-state index contributed by atoms with van der Waals surface area (Å²) in [6.07, 6.45) is -0.835. The summed E-state index contributed by atoms with van der Waals surface area (Å²) in [5.41, 5.74) is -1.30. The first-order valence-electron chi connectivity index (χ1n) is 7.84. The number of halogens is 3. The highest BCUT2D eigenvalue weighted by atomic mass is 19.4. The number of carbonyl (C=O) groups is 1. The van der Waals surface area contributed by atoms with Crippen LogP contribution >= 0.6 is 0 Å². The van der Waals surface area contributed by atoms with Crippen LogP contribution in [-0.2, 0) is 18.0 Å². The highest BCUT2D eigenvalue weighted by Crippen LogP contribution is 2.33. The van der Waals surface area contributed by atoms with Gasteiger partial charge in [-0.3, -0.25) is 4.68 Å². The Morgan fingerprint density at radius 1 is 1.50 bits per heavy atom. The average Bonchev–Trinajstić information content (AvgIpc) is 2.81. The fraction of sp³-hybridized carbons (Fsp3) is 0.733. The molecule has 1 atom stereocenters. The molecule has 0 bridgehead atoms. The van der Waals surface area contributed by atoms with E-state index in [1.165, 1.54) is 7.05 Å². The Bertz CT molecular complexity index is 574. The second-order valence-electron chi connectivity index (χ2n) is 6.87. The molecule has 1 fully saturated rings. The number of hydrogen-bond acceptors (Lipinski definition) is 3. The summed E-state index contributed by atoms with van der Waals surface area (Å²) in [4.78, 5) is 11.8. The molecule has 2 amide bonds. The first-order chi connectivity index (χ1) is 11.1. The molecular weight excluding hydrogens is 325 g/mol. The van der Waals surface area contributed by atoms with Gasteiger partial charge in [0.2, 0.25) is 0 Å². The van der Waals surface area contributed by atoms with Crippen molar-refractivity contribution in [3.05, 3.63) is 11.9 Å². The molecule has 0 spiro atoms. The number of alkyl halides is 3. The van der Waals surface area contributed by atoms with Crippen LogP contribution in [0.5, 0.6) is 0 Å². The molecule has 24 heavy (non-hydrogen) atoms. The van der Waals surface area contributed by atoms with Crippen molar-refractivity contribution < 1.29 is 22.7 Å². The topological polar surface area (TPSA) is 68.2 Å². The van der Waals surface area contributed by atoms with Gasteiger partial charge in [0.25, 0.3) is 0 Å². The van der Waals surface area contributed by atoms with Crippen LogP contribution in [0.25, 0.3) is 0 Å². The SMILES string of the molecule is Cn1cc(NC(=O)NCCC2CCC(C)(C)CO2)c(C(F)(F)F)n1. The van der Waals surface area contributed by atoms with E-state index in [2.05, 4.69) is 29.6 Å². The van der Waals surface area contributed by atoms with Crippen LogP contribution in [0, 0.1) is 5.41 Å². The molecule has 0 saturated carbocycles. The van der Waals surface area contributed by atoms with Gasteiger partial charge in [0.15, 0.2) is 5.69 Å². The van der Waals surface area contributed by atoms with Crippen molar-refractivity contribution >= 4 is 11.7 Å². The van der Waals surface area contributed by atoms with Crippen molar-refractivity contribution in [2.75, 3.05) is 18.5 Å². The number of nitrogens with one attached hydrogen (secondary N) is 2. The van der Waals surface area contributed by atoms with Gasteiger partial charge in [0.05, 0.1) is 18.4 Å². The van der Waals surface area contributed by atoms with Crippen LogP contribution in [0.4, 0.5) is 23.7 Å². The highest BCUT2D eigenvalue weighted by Gasteiger charge is 2.37. The number of anilines is 1. The Balaban J connectivity index is 1.78. The molecule has 0 radical (unpaired) electrons. The lowest BCUT2D eigenvalue weighted by molar-refractivity contribution is -0.140. The van der Waals surface area contributed by atoms with E-state index in [1.807, 2.05) is 0 Å². The van der Waals surface area contributed by atoms with Crippen LogP contribution in [0.3, 0.4) is 0 Å². The largest absolute Gasteiger partial charge is 0.437 e. The average molecular weight is 348 g/mol. The van der Waals surface area contributed by atoms with E-state index in [9.17, 15) is 18.0 Å². The third-order valence-corrected chi connectivity index (χ3v) is 3.95. The second kappa shape index (κ2) is 7.00. The maximum absolute atomic E-state index is 12.8. The molecule has 1 aromatic heterocycles. The summed E-state index contributed by atoms with van der Waals surface area (Å²) in [7, 11) is 1.36. The molecule has 1 aromatic rings. The smallest absolute Gasteiger partial charge is 0.378 e. The summed E-state index contributed by atoms with van der Waals surface area (Å²) in [6.45, 7) is 5.29. The molecule has 1 aliphatic rings. The van der Waals surface area contributed by atoms with Crippen LogP contribution in [0.2, 0.25) is 0 Å². The lowest BCUT2D eigenvalue weighted by Crippen LogP contribution is -2.36. The molecule has 0 aromatic carbocycles. The van der Waals surface area contributed by atoms with Gasteiger partial charge >= 0.3 is 12.2 Å². The number of aryl methyl sites for hydroxylation is 1. The normalized spacial score (nSPS) is 20.7. The monoisotopic (exact) mass is 348 g/mol. The van der Waals surface area contributed by atoms with Gasteiger partial charge in [-0.05, 0) is 24.7 Å². The van der Waals surface area contributed by atoms with Crippen molar-refractivity contribution in [3.8, 4) is 0 Å². The number of carbonyl (C=O) groups excluding carboxylic acids is 1. The van der Waals surface area contributed by atoms with Gasteiger partial charge in [-0.25, -0.2) is 4.79 Å². The standard InChI is InChI=1S/C15H23F3N4O2/c1-14(2)6-4-10(24-9-14)5-7-19-13(23)20-11-8-22(3)21-12(11)15(16,17)18/h8,10H,4-7,9H2,1-3H3,(H2,19,20,23). The molecule has 136 valence electrons. The van der Waals surface area contributed by atoms with Gasteiger partial charge in [0, 0.05) is 19.8 Å². The van der Waals surface area contributed by atoms with Crippen LogP contribution in [0.15, 0.2) is 6.20 Å². The molecule has 2 rings (SSSR count). The number of urea groups is 1. The van der Waals surface area contributed by atoms with Crippen molar-refractivity contribution in [2.45, 2.75) is 45.4 Å². The van der Waals surface area contributed by atoms with E-state index in [-0.39, 0.29) is 17.2 Å². The van der Waals surface area contributed by atoms with Crippen LogP contribution < -0.4 is 10.6 Å². The zero-order chi connectivity index (χ0) is 18.0. The van der Waals surface area contributed by atoms with Gasteiger partial charge in [-0.2, -0.15) is 18.3 Å². The van der Waals surface area contributed by atoms with Gasteiger partial charge in [0.1, 0.15) is 0 Å². The van der Waals surface area contributed by atoms with E-state index in [0.717, 1.165) is 23.7 Å². The molecule has 2 heterocycles. The molecular formula is C15H23F3N4O2. The Labute approximate surface area is 138 Å². The fourth-order valence-corrected chi connectivity index (χ4v) is 2.58. The number of amides is 2. The van der Waals surface area contributed by atoms with Crippen LogP contribution in [-0.4, -0.2) is 35.1 Å². The third kappa shape index (κ3) is 5.12. The highest BCUT2D eigenvalue weighted by molar-refractivity contribution is 5.89. The maximum atomic E-state index is 12.8. The van der Waals surface area contributed by atoms with E-state index in [0.29, 0.717) is 19.6 Å². The number of rotatable bonds is 4. The number of ether oxygens (including phenoxy) is 1. The van der Waals surface area contributed by atoms with E-state index in [4.69, 9.17) is 4.74 Å². The van der Waals surface area contributed by atoms with Crippen molar-refractivity contribution in [1.82, 2.24) is 15.1 Å². The van der Waals surface area contributed by atoms with Crippen LogP contribution in [0.1, 0.15) is 38.8 Å². The molecule has 1 unspecified atom stereocenters. The zero-order valence-electron chi connectivity index (χ0n) is 14.0. The predicted molar refractivity (Wildman–Crippen MR) is 82.6 cm³/mol. The lowest BCUT2D eigenvalue weighted by Gasteiger charge is -2.34. The summed E-state index contributed by atoms with van der Waals surface area (Å²) < 4.78 is 45.2. The lowest BCUT2D eigenvalue weighted by atomic mass is 9.85. The van der Waals surface area contributed by atoms with Gasteiger partial charge < -0.3 is 15.4 Å². The number of hydrogen-bond donors (Lipinski definition) is 2. The predicted octanol–water partition coefficient (Wildman–Crippen LogP) is 3.16. The molecule has 0 aliphatic carbocycles. The fourth-order valence-electron chi connectivity index (χ4n) is 2.58. The first-order valence-corrected chi connectivity index (χ1v) is 7.84. The Kier molecular flexibility index (Phi) is 5.42. The Morgan fingerprint density at radius 3 is 2.79 bits per heavy atom. The summed E-state index contributed by atoms with van der Waals surface area (Å²) in [5, 5.41) is 8.08. The van der Waals surface area contributed by atoms with E-state index in [1.54, 1.807) is 0 Å². The van der Waals surface area contributed by atoms with Crippen molar-refractivity contribution in [3.63, 3.8) is 0 Å². The number of aromatic nitrogens is 2. The summed E-state index contributed by atoms with van der Waals surface area (Å²) in [6, 6.07) is -0.690. The quantitative estimate of drug-likeness (QED) is 0.878. The van der Waals surface area contributed by atoms with Crippen molar-refractivity contribution in [1.29, 1.82) is 0 Å². The Morgan fingerprint density at radius 2 is 2.21 bits per heavy atom. The summed E-state index contributed by atoms with van der Waals surface area (Å²) in [5.74, 6) is 0. The second-order valence-corrected chi connectivity index (χ2v) is 6.87. The van der Waals surface area contributed by atoms with E-state index >= 15 is 0 Å². The molecule has 1 saturated heterocycles. The van der Waals surface area contributed by atoms with Gasteiger partial charge in [-0.15, -0.1) is 0 Å².